The molecule has 2 heterocycles. The number of nitrogens with zero attached hydrogens (tertiary/aromatic N) is 2. The average Bonchev–Trinajstić information content (AvgIpc) is 3.43. The van der Waals surface area contributed by atoms with Crippen LogP contribution in [0.2, 0.25) is 0 Å². The summed E-state index contributed by atoms with van der Waals surface area (Å²) >= 11 is 0. The summed E-state index contributed by atoms with van der Waals surface area (Å²) in [7, 11) is 0. The molecule has 0 bridgehead atoms. The summed E-state index contributed by atoms with van der Waals surface area (Å²) in [4.78, 5) is 29.1. The van der Waals surface area contributed by atoms with Gasteiger partial charge in [0.15, 0.2) is 5.69 Å². The summed E-state index contributed by atoms with van der Waals surface area (Å²) in [6, 6.07) is 12.9. The van der Waals surface area contributed by atoms with Crippen LogP contribution in [0, 0.1) is 0 Å². The van der Waals surface area contributed by atoms with Gasteiger partial charge in [-0.05, 0) is 43.2 Å². The third kappa shape index (κ3) is 4.11. The van der Waals surface area contributed by atoms with Crippen molar-refractivity contribution in [3.8, 4) is 11.5 Å². The Bertz CT molecular complexity index is 1400. The molecule has 10 heteroatoms. The molecule has 5 rings (SSSR count). The summed E-state index contributed by atoms with van der Waals surface area (Å²) in [6.07, 6.45) is 0.368. The van der Waals surface area contributed by atoms with Gasteiger partial charge in [0.25, 0.3) is 11.5 Å². The molecule has 0 unspecified atom stereocenters. The largest absolute Gasteiger partial charge is 0.452 e. The number of amides is 1. The zero-order valence-electron chi connectivity index (χ0n) is 18.0. The molecule has 1 fully saturated rings. The Labute approximate surface area is 191 Å². The van der Waals surface area contributed by atoms with E-state index in [2.05, 4.69) is 15.4 Å². The van der Waals surface area contributed by atoms with Crippen molar-refractivity contribution in [2.24, 2.45) is 0 Å². The van der Waals surface area contributed by atoms with E-state index in [0.29, 0.717) is 16.5 Å². The fourth-order valence-electron chi connectivity index (χ4n) is 4.42. The van der Waals surface area contributed by atoms with E-state index in [1.165, 1.54) is 24.6 Å². The number of carbonyl (C=O) groups excluding carboxylic acids is 1. The summed E-state index contributed by atoms with van der Waals surface area (Å²) in [6.45, 7) is 0. The van der Waals surface area contributed by atoms with Crippen molar-refractivity contribution in [2.75, 3.05) is 5.32 Å². The SMILES string of the molecule is O=C(Nc1ccc2c(c1)c(=O)[nH]n2C1CCCCC1)c1nc(-c2ccccc2)oc1C(F)(F)F. The molecular formula is C24H21F3N4O3. The first kappa shape index (κ1) is 22.0. The smallest absolute Gasteiger partial charge is 0.431 e. The standard InChI is InChI=1S/C24H21F3N4O3/c25-24(26,27)20-19(29-23(34-20)14-7-3-1-4-8-14)22(33)28-15-11-12-18-17(13-15)21(32)30-31(18)16-9-5-2-6-10-16/h1,3-4,7-8,11-13,16H,2,5-6,9-10H2,(H,28,33)(H,30,32). The highest BCUT2D eigenvalue weighted by Crippen LogP contribution is 2.36. The van der Waals surface area contributed by atoms with Gasteiger partial charge in [-0.1, -0.05) is 37.5 Å². The van der Waals surface area contributed by atoms with E-state index in [1.54, 1.807) is 30.3 Å². The van der Waals surface area contributed by atoms with E-state index in [1.807, 2.05) is 4.68 Å². The number of aromatic amines is 1. The number of alkyl halides is 3. The molecule has 7 nitrogen and oxygen atoms in total. The van der Waals surface area contributed by atoms with E-state index in [0.717, 1.165) is 25.7 Å². The summed E-state index contributed by atoms with van der Waals surface area (Å²) < 4.78 is 47.4. The minimum absolute atomic E-state index is 0.182. The number of hydrogen-bond donors (Lipinski definition) is 2. The van der Waals surface area contributed by atoms with E-state index in [9.17, 15) is 22.8 Å². The van der Waals surface area contributed by atoms with Crippen LogP contribution >= 0.6 is 0 Å². The Hall–Kier alpha value is -3.82. The molecule has 2 aromatic heterocycles. The molecule has 1 amide bonds. The first-order valence-electron chi connectivity index (χ1n) is 11.0. The van der Waals surface area contributed by atoms with Crippen molar-refractivity contribution in [2.45, 2.75) is 44.3 Å². The molecular weight excluding hydrogens is 449 g/mol. The molecule has 0 saturated heterocycles. The van der Waals surface area contributed by atoms with Gasteiger partial charge in [0, 0.05) is 11.3 Å². The lowest BCUT2D eigenvalue weighted by atomic mass is 9.95. The van der Waals surface area contributed by atoms with Crippen molar-refractivity contribution in [1.82, 2.24) is 14.8 Å². The highest BCUT2D eigenvalue weighted by Gasteiger charge is 2.42. The van der Waals surface area contributed by atoms with Crippen molar-refractivity contribution in [3.05, 3.63) is 70.3 Å². The quantitative estimate of drug-likeness (QED) is 0.397. The number of benzene rings is 2. The summed E-state index contributed by atoms with van der Waals surface area (Å²) in [5.41, 5.74) is -0.00916. The first-order chi connectivity index (χ1) is 16.3. The topological polar surface area (TPSA) is 92.9 Å². The maximum Gasteiger partial charge on any atom is 0.452 e. The predicted molar refractivity (Wildman–Crippen MR) is 120 cm³/mol. The lowest BCUT2D eigenvalue weighted by Gasteiger charge is -2.23. The van der Waals surface area contributed by atoms with E-state index in [-0.39, 0.29) is 23.2 Å². The molecule has 4 aromatic rings. The number of nitrogens with one attached hydrogen (secondary N) is 2. The Kier molecular flexibility index (Phi) is 5.51. The number of anilines is 1. The fraction of sp³-hybridized carbons (Fsp3) is 0.292. The number of oxazole rings is 1. The maximum absolute atomic E-state index is 13.6. The van der Waals surface area contributed by atoms with Crippen molar-refractivity contribution < 1.29 is 22.4 Å². The second-order valence-electron chi connectivity index (χ2n) is 8.35. The number of aromatic nitrogens is 3. The lowest BCUT2D eigenvalue weighted by molar-refractivity contribution is -0.153. The van der Waals surface area contributed by atoms with Crippen LogP contribution in [-0.2, 0) is 6.18 Å². The number of rotatable bonds is 4. The molecule has 1 aliphatic carbocycles. The number of fused-ring (bicyclic) bond motifs is 1. The second kappa shape index (κ2) is 8.51. The second-order valence-corrected chi connectivity index (χ2v) is 8.35. The maximum atomic E-state index is 13.6. The average molecular weight is 470 g/mol. The molecule has 0 atom stereocenters. The van der Waals surface area contributed by atoms with Crippen LogP contribution in [0.1, 0.15) is 54.4 Å². The number of H-pyrrole nitrogens is 1. The Morgan fingerprint density at radius 1 is 1.09 bits per heavy atom. The van der Waals surface area contributed by atoms with Crippen LogP contribution in [0.5, 0.6) is 0 Å². The minimum atomic E-state index is -4.91. The van der Waals surface area contributed by atoms with Gasteiger partial charge in [0.05, 0.1) is 16.9 Å². The fourth-order valence-corrected chi connectivity index (χ4v) is 4.42. The van der Waals surface area contributed by atoms with Crippen LogP contribution in [0.4, 0.5) is 18.9 Å². The zero-order valence-corrected chi connectivity index (χ0v) is 18.0. The van der Waals surface area contributed by atoms with Crippen LogP contribution in [0.3, 0.4) is 0 Å². The zero-order chi connectivity index (χ0) is 23.9. The van der Waals surface area contributed by atoms with E-state index < -0.39 is 23.5 Å². The Balaban J connectivity index is 1.46. The normalized spacial score (nSPS) is 15.0. The summed E-state index contributed by atoms with van der Waals surface area (Å²) in [5.74, 6) is -2.87. The third-order valence-electron chi connectivity index (χ3n) is 6.04. The van der Waals surface area contributed by atoms with Crippen LogP contribution < -0.4 is 10.9 Å². The molecule has 0 aliphatic heterocycles. The van der Waals surface area contributed by atoms with Crippen molar-refractivity contribution >= 4 is 22.5 Å². The molecule has 2 N–H and O–H groups in total. The number of hydrogen-bond acceptors (Lipinski definition) is 4. The highest BCUT2D eigenvalue weighted by molar-refractivity contribution is 6.04. The number of halogens is 3. The summed E-state index contributed by atoms with van der Waals surface area (Å²) in [5, 5.41) is 5.63. The molecule has 34 heavy (non-hydrogen) atoms. The van der Waals surface area contributed by atoms with Crippen LogP contribution in [0.25, 0.3) is 22.4 Å². The van der Waals surface area contributed by atoms with Gasteiger partial charge >= 0.3 is 6.18 Å². The van der Waals surface area contributed by atoms with Gasteiger partial charge < -0.3 is 9.73 Å². The first-order valence-corrected chi connectivity index (χ1v) is 11.0. The van der Waals surface area contributed by atoms with Crippen molar-refractivity contribution in [3.63, 3.8) is 0 Å². The lowest BCUT2D eigenvalue weighted by Crippen LogP contribution is -2.18. The molecule has 1 aliphatic rings. The monoisotopic (exact) mass is 470 g/mol. The predicted octanol–water partition coefficient (Wildman–Crippen LogP) is 5.76. The molecule has 176 valence electrons. The minimum Gasteiger partial charge on any atom is -0.431 e. The van der Waals surface area contributed by atoms with E-state index in [4.69, 9.17) is 4.42 Å². The molecule has 2 aromatic carbocycles. The molecule has 1 saturated carbocycles. The third-order valence-corrected chi connectivity index (χ3v) is 6.04. The van der Waals surface area contributed by atoms with Gasteiger partial charge in [0.2, 0.25) is 11.7 Å². The number of carbonyl (C=O) groups is 1. The van der Waals surface area contributed by atoms with E-state index >= 15 is 0 Å². The Morgan fingerprint density at radius 2 is 1.82 bits per heavy atom. The molecule has 0 radical (unpaired) electrons. The van der Waals surface area contributed by atoms with Crippen molar-refractivity contribution in [1.29, 1.82) is 0 Å². The van der Waals surface area contributed by atoms with Gasteiger partial charge in [-0.3, -0.25) is 19.4 Å². The Morgan fingerprint density at radius 3 is 2.53 bits per heavy atom. The van der Waals surface area contributed by atoms with Crippen LogP contribution in [-0.4, -0.2) is 20.7 Å². The van der Waals surface area contributed by atoms with Crippen LogP contribution in [0.15, 0.2) is 57.7 Å². The van der Waals surface area contributed by atoms with Gasteiger partial charge in [0.1, 0.15) is 0 Å². The highest BCUT2D eigenvalue weighted by atomic mass is 19.4. The van der Waals surface area contributed by atoms with Gasteiger partial charge in [-0.15, -0.1) is 0 Å². The van der Waals surface area contributed by atoms with Gasteiger partial charge in [-0.25, -0.2) is 4.98 Å². The molecule has 0 spiro atoms. The van der Waals surface area contributed by atoms with Gasteiger partial charge in [-0.2, -0.15) is 13.2 Å².